The topological polar surface area (TPSA) is 98.9 Å². The molecule has 1 aromatic carbocycles. The van der Waals surface area contributed by atoms with Crippen LogP contribution in [0.15, 0.2) is 41.6 Å². The first-order chi connectivity index (χ1) is 10.2. The molecule has 0 radical (unpaired) electrons. The molecule has 3 rings (SSSR count). The van der Waals surface area contributed by atoms with Crippen LogP contribution < -0.4 is 14.9 Å². The molecule has 0 fully saturated rings. The van der Waals surface area contributed by atoms with Gasteiger partial charge in [-0.05, 0) is 18.2 Å². The summed E-state index contributed by atoms with van der Waals surface area (Å²) in [5, 5.41) is 15.0. The van der Waals surface area contributed by atoms with E-state index in [1.807, 2.05) is 0 Å². The zero-order valence-corrected chi connectivity index (χ0v) is 10.7. The van der Waals surface area contributed by atoms with Gasteiger partial charge in [-0.3, -0.25) is 15.5 Å². The third-order valence-corrected chi connectivity index (χ3v) is 2.77. The Labute approximate surface area is 119 Å². The minimum absolute atomic E-state index is 0.0548. The molecule has 0 saturated heterocycles. The number of benzene rings is 1. The molecule has 0 spiro atoms. The molecular formula is C13H10N4O4. The van der Waals surface area contributed by atoms with Crippen molar-refractivity contribution in [3.63, 3.8) is 0 Å². The van der Waals surface area contributed by atoms with Crippen molar-refractivity contribution in [2.45, 2.75) is 0 Å². The summed E-state index contributed by atoms with van der Waals surface area (Å²) in [7, 11) is 0. The molecule has 0 aliphatic carbocycles. The van der Waals surface area contributed by atoms with Crippen molar-refractivity contribution in [3.8, 4) is 11.5 Å². The first-order valence-electron chi connectivity index (χ1n) is 6.02. The van der Waals surface area contributed by atoms with Gasteiger partial charge in [0.15, 0.2) is 11.5 Å². The van der Waals surface area contributed by atoms with Crippen LogP contribution in [0.4, 0.5) is 11.5 Å². The fourth-order valence-corrected chi connectivity index (χ4v) is 1.81. The van der Waals surface area contributed by atoms with Crippen LogP contribution in [0.1, 0.15) is 5.56 Å². The van der Waals surface area contributed by atoms with Gasteiger partial charge < -0.3 is 9.47 Å². The summed E-state index contributed by atoms with van der Waals surface area (Å²) in [6.45, 7) is 0.0548. The molecular weight excluding hydrogens is 276 g/mol. The number of hydrogen-bond acceptors (Lipinski definition) is 7. The molecule has 0 unspecified atom stereocenters. The van der Waals surface area contributed by atoms with Crippen LogP contribution in [0, 0.1) is 10.1 Å². The van der Waals surface area contributed by atoms with E-state index >= 15 is 0 Å². The van der Waals surface area contributed by atoms with E-state index in [9.17, 15) is 10.1 Å². The predicted octanol–water partition coefficient (Wildman–Crippen LogP) is 2.16. The Kier molecular flexibility index (Phi) is 3.34. The Bertz CT molecular complexity index is 703. The Morgan fingerprint density at radius 3 is 2.86 bits per heavy atom. The molecule has 1 aliphatic heterocycles. The number of anilines is 1. The molecule has 2 heterocycles. The van der Waals surface area contributed by atoms with Gasteiger partial charge >= 0.3 is 0 Å². The molecule has 1 aliphatic rings. The highest BCUT2D eigenvalue weighted by Crippen LogP contribution is 2.37. The first kappa shape index (κ1) is 12.9. The second-order valence-electron chi connectivity index (χ2n) is 4.11. The quantitative estimate of drug-likeness (QED) is 0.525. The summed E-state index contributed by atoms with van der Waals surface area (Å²) >= 11 is 0. The molecule has 8 heteroatoms. The summed E-state index contributed by atoms with van der Waals surface area (Å²) in [6.07, 6.45) is 2.95. The van der Waals surface area contributed by atoms with Crippen LogP contribution in [-0.2, 0) is 0 Å². The van der Waals surface area contributed by atoms with Crippen molar-refractivity contribution in [2.24, 2.45) is 5.10 Å². The number of aromatic nitrogens is 1. The third kappa shape index (κ3) is 2.73. The maximum Gasteiger partial charge on any atom is 0.282 e. The zero-order chi connectivity index (χ0) is 14.7. The standard InChI is InChI=1S/C13H10N4O4/c18-17(19)10-6-12-11(20-8-21-12)5-9(10)7-15-16-13-3-1-2-4-14-13/h1-7H,8H2,(H,14,16). The Morgan fingerprint density at radius 2 is 2.14 bits per heavy atom. The average molecular weight is 286 g/mol. The number of nitrogens with one attached hydrogen (secondary N) is 1. The lowest BCUT2D eigenvalue weighted by atomic mass is 10.1. The summed E-state index contributed by atoms with van der Waals surface area (Å²) < 4.78 is 10.3. The second kappa shape index (κ2) is 5.45. The van der Waals surface area contributed by atoms with E-state index in [1.165, 1.54) is 18.3 Å². The van der Waals surface area contributed by atoms with Crippen LogP contribution in [-0.4, -0.2) is 22.9 Å². The monoisotopic (exact) mass is 286 g/mol. The van der Waals surface area contributed by atoms with Crippen LogP contribution in [0.2, 0.25) is 0 Å². The fourth-order valence-electron chi connectivity index (χ4n) is 1.81. The molecule has 1 aromatic heterocycles. The van der Waals surface area contributed by atoms with Crippen LogP contribution in [0.3, 0.4) is 0 Å². The van der Waals surface area contributed by atoms with Crippen molar-refractivity contribution >= 4 is 17.7 Å². The van der Waals surface area contributed by atoms with Crippen molar-refractivity contribution in [3.05, 3.63) is 52.2 Å². The van der Waals surface area contributed by atoms with E-state index in [1.54, 1.807) is 24.4 Å². The molecule has 1 N–H and O–H groups in total. The van der Waals surface area contributed by atoms with Crippen LogP contribution >= 0.6 is 0 Å². The van der Waals surface area contributed by atoms with E-state index in [0.29, 0.717) is 22.9 Å². The number of ether oxygens (including phenoxy) is 2. The second-order valence-corrected chi connectivity index (χ2v) is 4.11. The van der Waals surface area contributed by atoms with E-state index in [-0.39, 0.29) is 12.5 Å². The van der Waals surface area contributed by atoms with Gasteiger partial charge in [0, 0.05) is 6.20 Å². The number of nitro benzene ring substituents is 1. The third-order valence-electron chi connectivity index (χ3n) is 2.77. The van der Waals surface area contributed by atoms with Crippen molar-refractivity contribution < 1.29 is 14.4 Å². The van der Waals surface area contributed by atoms with Gasteiger partial charge in [0.1, 0.15) is 5.82 Å². The Morgan fingerprint density at radius 1 is 1.33 bits per heavy atom. The summed E-state index contributed by atoms with van der Waals surface area (Å²) in [5.74, 6) is 1.36. The van der Waals surface area contributed by atoms with Crippen molar-refractivity contribution in [1.29, 1.82) is 0 Å². The lowest BCUT2D eigenvalue weighted by Gasteiger charge is -2.01. The van der Waals surface area contributed by atoms with E-state index in [2.05, 4.69) is 15.5 Å². The lowest BCUT2D eigenvalue weighted by molar-refractivity contribution is -0.385. The van der Waals surface area contributed by atoms with Gasteiger partial charge in [-0.25, -0.2) is 4.98 Å². The normalized spacial score (nSPS) is 12.6. The minimum Gasteiger partial charge on any atom is -0.454 e. The molecule has 0 saturated carbocycles. The van der Waals surface area contributed by atoms with Gasteiger partial charge in [-0.15, -0.1) is 0 Å². The smallest absolute Gasteiger partial charge is 0.282 e. The minimum atomic E-state index is -0.496. The fraction of sp³-hybridized carbons (Fsp3) is 0.0769. The maximum absolute atomic E-state index is 11.1. The number of hydrazone groups is 1. The summed E-state index contributed by atoms with van der Waals surface area (Å²) in [6, 6.07) is 8.14. The van der Waals surface area contributed by atoms with E-state index in [4.69, 9.17) is 9.47 Å². The average Bonchev–Trinajstić information content (AvgIpc) is 2.94. The highest BCUT2D eigenvalue weighted by molar-refractivity contribution is 5.87. The SMILES string of the molecule is O=[N+]([O-])c1cc2c(cc1C=NNc1ccccn1)OCO2. The van der Waals surface area contributed by atoms with Crippen molar-refractivity contribution in [2.75, 3.05) is 12.2 Å². The molecule has 21 heavy (non-hydrogen) atoms. The van der Waals surface area contributed by atoms with Crippen LogP contribution in [0.5, 0.6) is 11.5 Å². The highest BCUT2D eigenvalue weighted by atomic mass is 16.7. The van der Waals surface area contributed by atoms with Gasteiger partial charge in [0.25, 0.3) is 5.69 Å². The zero-order valence-electron chi connectivity index (χ0n) is 10.7. The number of hydrogen-bond donors (Lipinski definition) is 1. The molecule has 8 nitrogen and oxygen atoms in total. The van der Waals surface area contributed by atoms with Crippen molar-refractivity contribution in [1.82, 2.24) is 4.98 Å². The van der Waals surface area contributed by atoms with Crippen LogP contribution in [0.25, 0.3) is 0 Å². The van der Waals surface area contributed by atoms with Gasteiger partial charge in [-0.1, -0.05) is 6.07 Å². The van der Waals surface area contributed by atoms with Gasteiger partial charge in [0.2, 0.25) is 6.79 Å². The number of rotatable bonds is 4. The molecule has 0 atom stereocenters. The van der Waals surface area contributed by atoms with E-state index < -0.39 is 4.92 Å². The summed E-state index contributed by atoms with van der Waals surface area (Å²) in [5.41, 5.74) is 2.90. The largest absolute Gasteiger partial charge is 0.454 e. The van der Waals surface area contributed by atoms with Gasteiger partial charge in [-0.2, -0.15) is 5.10 Å². The molecule has 2 aromatic rings. The molecule has 0 bridgehead atoms. The first-order valence-corrected chi connectivity index (χ1v) is 6.02. The highest BCUT2D eigenvalue weighted by Gasteiger charge is 2.22. The number of nitrogens with zero attached hydrogens (tertiary/aromatic N) is 3. The molecule has 106 valence electrons. The number of nitro groups is 1. The lowest BCUT2D eigenvalue weighted by Crippen LogP contribution is -1.97. The number of pyridine rings is 1. The Hall–Kier alpha value is -3.16. The van der Waals surface area contributed by atoms with E-state index in [0.717, 1.165) is 0 Å². The number of fused-ring (bicyclic) bond motifs is 1. The van der Waals surface area contributed by atoms with Gasteiger partial charge in [0.05, 0.1) is 22.8 Å². The molecule has 0 amide bonds. The predicted molar refractivity (Wildman–Crippen MR) is 74.7 cm³/mol. The summed E-state index contributed by atoms with van der Waals surface area (Å²) in [4.78, 5) is 14.6. The maximum atomic E-state index is 11.1. The Balaban J connectivity index is 1.85.